The fourth-order valence-electron chi connectivity index (χ4n) is 1.17. The monoisotopic (exact) mass is 194 g/mol. The normalized spacial score (nSPS) is 14.2. The van der Waals surface area contributed by atoms with E-state index in [0.29, 0.717) is 0 Å². The average molecular weight is 194 g/mol. The molecule has 0 aliphatic rings. The summed E-state index contributed by atoms with van der Waals surface area (Å²) in [6, 6.07) is 4.63. The first-order valence-electron chi connectivity index (χ1n) is 4.63. The molecule has 76 valence electrons. The molecule has 0 amide bonds. The Balaban J connectivity index is 3.03. The van der Waals surface area contributed by atoms with Gasteiger partial charge in [-0.15, -0.1) is 0 Å². The second-order valence-corrected chi connectivity index (χ2v) is 3.57. The Labute approximate surface area is 83.9 Å². The molecule has 0 radical (unpaired) electrons. The summed E-state index contributed by atoms with van der Waals surface area (Å²) in [4.78, 5) is 0. The molecule has 0 heterocycles. The summed E-state index contributed by atoms with van der Waals surface area (Å²) >= 11 is 0. The molecular weight excluding hydrogens is 179 g/mol. The van der Waals surface area contributed by atoms with Crippen LogP contribution in [0.15, 0.2) is 23.8 Å². The smallest absolute Gasteiger partial charge is 0.123 e. The Morgan fingerprint density at radius 1 is 1.50 bits per heavy atom. The van der Waals surface area contributed by atoms with Crippen molar-refractivity contribution in [3.63, 3.8) is 0 Å². The Morgan fingerprint density at radius 2 is 2.14 bits per heavy atom. The maximum absolute atomic E-state index is 12.8. The van der Waals surface area contributed by atoms with E-state index in [1.165, 1.54) is 12.1 Å². The van der Waals surface area contributed by atoms with Crippen LogP contribution < -0.4 is 0 Å². The summed E-state index contributed by atoms with van der Waals surface area (Å²) in [6.07, 6.45) is 1.42. The van der Waals surface area contributed by atoms with E-state index in [9.17, 15) is 9.50 Å². The molecule has 0 spiro atoms. The highest BCUT2D eigenvalue weighted by Gasteiger charge is 2.01. The first kappa shape index (κ1) is 10.9. The van der Waals surface area contributed by atoms with Gasteiger partial charge >= 0.3 is 0 Å². The van der Waals surface area contributed by atoms with Gasteiger partial charge in [0.2, 0.25) is 0 Å². The highest BCUT2D eigenvalue weighted by Crippen LogP contribution is 2.15. The molecule has 1 unspecified atom stereocenters. The van der Waals surface area contributed by atoms with Crippen molar-refractivity contribution in [2.75, 3.05) is 0 Å². The maximum Gasteiger partial charge on any atom is 0.123 e. The summed E-state index contributed by atoms with van der Waals surface area (Å²) in [5.74, 6) is -0.227. The molecule has 1 nitrogen and oxygen atoms in total. The first-order valence-corrected chi connectivity index (χ1v) is 4.63. The zero-order valence-corrected chi connectivity index (χ0v) is 8.71. The third-order valence-corrected chi connectivity index (χ3v) is 2.27. The van der Waals surface area contributed by atoms with E-state index in [1.54, 1.807) is 13.0 Å². The molecule has 0 fully saturated rings. The Kier molecular flexibility index (Phi) is 3.42. The van der Waals surface area contributed by atoms with Crippen molar-refractivity contribution in [3.8, 4) is 0 Å². The van der Waals surface area contributed by atoms with Crippen molar-refractivity contribution in [3.05, 3.63) is 40.7 Å². The van der Waals surface area contributed by atoms with E-state index in [-0.39, 0.29) is 5.82 Å². The third-order valence-electron chi connectivity index (χ3n) is 2.27. The molecule has 14 heavy (non-hydrogen) atoms. The number of hydrogen-bond acceptors (Lipinski definition) is 1. The molecule has 1 rings (SSSR count). The largest absolute Gasteiger partial charge is 0.389 e. The van der Waals surface area contributed by atoms with E-state index in [0.717, 1.165) is 16.7 Å². The van der Waals surface area contributed by atoms with Crippen molar-refractivity contribution >= 4 is 6.08 Å². The quantitative estimate of drug-likeness (QED) is 0.767. The SMILES string of the molecule is C/C(=C\c1ccc(F)cc1C)C(C)O. The van der Waals surface area contributed by atoms with Gasteiger partial charge in [0.05, 0.1) is 6.10 Å². The Hall–Kier alpha value is -1.15. The van der Waals surface area contributed by atoms with Crippen molar-refractivity contribution in [1.82, 2.24) is 0 Å². The van der Waals surface area contributed by atoms with Crippen LogP contribution in [0.25, 0.3) is 6.08 Å². The number of aryl methyl sites for hydroxylation is 1. The van der Waals surface area contributed by atoms with Gasteiger partial charge < -0.3 is 5.11 Å². The van der Waals surface area contributed by atoms with Gasteiger partial charge in [-0.3, -0.25) is 0 Å². The summed E-state index contributed by atoms with van der Waals surface area (Å²) in [6.45, 7) is 5.42. The van der Waals surface area contributed by atoms with Crippen LogP contribution in [-0.4, -0.2) is 11.2 Å². The molecule has 0 aliphatic heterocycles. The molecule has 2 heteroatoms. The summed E-state index contributed by atoms with van der Waals surface area (Å²) < 4.78 is 12.8. The highest BCUT2D eigenvalue weighted by molar-refractivity contribution is 5.56. The molecule has 1 aromatic rings. The minimum absolute atomic E-state index is 0.227. The van der Waals surface area contributed by atoms with Crippen molar-refractivity contribution < 1.29 is 9.50 Å². The summed E-state index contributed by atoms with van der Waals surface area (Å²) in [7, 11) is 0. The van der Waals surface area contributed by atoms with Gasteiger partial charge in [0, 0.05) is 0 Å². The standard InChI is InChI=1S/C12H15FO/c1-8(10(3)14)6-11-4-5-12(13)7-9(11)2/h4-7,10,14H,1-3H3/b8-6+. The Bertz CT molecular complexity index is 353. The Morgan fingerprint density at radius 3 is 2.64 bits per heavy atom. The number of rotatable bonds is 2. The van der Waals surface area contributed by atoms with Gasteiger partial charge in [0.15, 0.2) is 0 Å². The number of aliphatic hydroxyl groups excluding tert-OH is 1. The minimum Gasteiger partial charge on any atom is -0.389 e. The van der Waals surface area contributed by atoms with Gasteiger partial charge in [-0.05, 0) is 49.6 Å². The minimum atomic E-state index is -0.459. The maximum atomic E-state index is 12.8. The van der Waals surface area contributed by atoms with Gasteiger partial charge in [-0.1, -0.05) is 12.1 Å². The van der Waals surface area contributed by atoms with Crippen LogP contribution in [0.1, 0.15) is 25.0 Å². The van der Waals surface area contributed by atoms with Gasteiger partial charge in [-0.2, -0.15) is 0 Å². The van der Waals surface area contributed by atoms with Crippen LogP contribution in [-0.2, 0) is 0 Å². The summed E-state index contributed by atoms with van der Waals surface area (Å²) in [5.41, 5.74) is 2.70. The second kappa shape index (κ2) is 4.38. The lowest BCUT2D eigenvalue weighted by molar-refractivity contribution is 0.232. The molecular formula is C12H15FO. The van der Waals surface area contributed by atoms with Crippen LogP contribution in [0.4, 0.5) is 4.39 Å². The van der Waals surface area contributed by atoms with Crippen LogP contribution >= 0.6 is 0 Å². The van der Waals surface area contributed by atoms with E-state index >= 15 is 0 Å². The molecule has 0 aromatic heterocycles. The van der Waals surface area contributed by atoms with Gasteiger partial charge in [0.1, 0.15) is 5.82 Å². The molecule has 0 bridgehead atoms. The predicted molar refractivity (Wildman–Crippen MR) is 56.5 cm³/mol. The van der Waals surface area contributed by atoms with Crippen molar-refractivity contribution in [2.45, 2.75) is 26.9 Å². The lowest BCUT2D eigenvalue weighted by Crippen LogP contribution is -2.00. The molecule has 0 aliphatic carbocycles. The zero-order chi connectivity index (χ0) is 10.7. The molecule has 1 aromatic carbocycles. The molecule has 0 saturated heterocycles. The first-order chi connectivity index (χ1) is 6.50. The third kappa shape index (κ3) is 2.67. The van der Waals surface area contributed by atoms with Crippen molar-refractivity contribution in [2.24, 2.45) is 0 Å². The van der Waals surface area contributed by atoms with Crippen LogP contribution in [0.2, 0.25) is 0 Å². The summed E-state index contributed by atoms with van der Waals surface area (Å²) in [5, 5.41) is 9.29. The van der Waals surface area contributed by atoms with E-state index in [4.69, 9.17) is 0 Å². The average Bonchev–Trinajstić information content (AvgIpc) is 2.09. The van der Waals surface area contributed by atoms with Gasteiger partial charge in [-0.25, -0.2) is 4.39 Å². The van der Waals surface area contributed by atoms with Crippen LogP contribution in [0, 0.1) is 12.7 Å². The number of halogens is 1. The number of hydrogen-bond donors (Lipinski definition) is 1. The van der Waals surface area contributed by atoms with E-state index < -0.39 is 6.10 Å². The van der Waals surface area contributed by atoms with Crippen molar-refractivity contribution in [1.29, 1.82) is 0 Å². The van der Waals surface area contributed by atoms with E-state index in [2.05, 4.69) is 0 Å². The molecule has 1 atom stereocenters. The molecule has 1 N–H and O–H groups in total. The van der Waals surface area contributed by atoms with Crippen LogP contribution in [0.3, 0.4) is 0 Å². The molecule has 0 saturated carbocycles. The lowest BCUT2D eigenvalue weighted by Gasteiger charge is -2.06. The van der Waals surface area contributed by atoms with Crippen LogP contribution in [0.5, 0.6) is 0 Å². The highest BCUT2D eigenvalue weighted by atomic mass is 19.1. The number of aliphatic hydroxyl groups is 1. The fourth-order valence-corrected chi connectivity index (χ4v) is 1.17. The lowest BCUT2D eigenvalue weighted by atomic mass is 10.0. The fraction of sp³-hybridized carbons (Fsp3) is 0.333. The second-order valence-electron chi connectivity index (χ2n) is 3.57. The van der Waals surface area contributed by atoms with Gasteiger partial charge in [0.25, 0.3) is 0 Å². The topological polar surface area (TPSA) is 20.2 Å². The zero-order valence-electron chi connectivity index (χ0n) is 8.71. The number of benzene rings is 1. The van der Waals surface area contributed by atoms with E-state index in [1.807, 2.05) is 19.9 Å². The predicted octanol–water partition coefficient (Wildman–Crippen LogP) is 2.92.